The molecule has 1 aromatic carbocycles. The van der Waals surface area contributed by atoms with E-state index in [1.165, 1.54) is 22.4 Å². The van der Waals surface area contributed by atoms with E-state index < -0.39 is 0 Å². The molecule has 0 atom stereocenters. The topological polar surface area (TPSA) is 0 Å². The van der Waals surface area contributed by atoms with Crippen LogP contribution in [0.5, 0.6) is 0 Å². The van der Waals surface area contributed by atoms with E-state index in [0.29, 0.717) is 0 Å². The maximum atomic E-state index is 2.21. The van der Waals surface area contributed by atoms with Gasteiger partial charge in [0.2, 0.25) is 0 Å². The monoisotopic (exact) mass is 327 g/mol. The molecule has 17 heavy (non-hydrogen) atoms. The van der Waals surface area contributed by atoms with Crippen molar-refractivity contribution in [3.8, 4) is 10.4 Å². The van der Waals surface area contributed by atoms with Crippen LogP contribution in [-0.4, -0.2) is 0 Å². The molecule has 0 bridgehead atoms. The predicted octanol–water partition coefficient (Wildman–Crippen LogP) is 5.29. The van der Waals surface area contributed by atoms with Crippen molar-refractivity contribution >= 4 is 11.3 Å². The Morgan fingerprint density at radius 1 is 1.06 bits per heavy atom. The summed E-state index contributed by atoms with van der Waals surface area (Å²) in [6, 6.07) is 12.8. The van der Waals surface area contributed by atoms with Crippen molar-refractivity contribution in [1.29, 1.82) is 0 Å². The van der Waals surface area contributed by atoms with E-state index in [4.69, 9.17) is 0 Å². The minimum absolute atomic E-state index is 0. The van der Waals surface area contributed by atoms with Gasteiger partial charge >= 0.3 is 0 Å². The van der Waals surface area contributed by atoms with E-state index in [1.54, 1.807) is 11.3 Å². The first-order valence-corrected chi connectivity index (χ1v) is 6.26. The second-order valence-electron chi connectivity index (χ2n) is 3.55. The molecule has 0 unspecified atom stereocenters. The van der Waals surface area contributed by atoms with Crippen LogP contribution in [0.15, 0.2) is 41.8 Å². The minimum Gasteiger partial charge on any atom is -0.269 e. The van der Waals surface area contributed by atoms with Crippen LogP contribution >= 0.6 is 11.3 Å². The number of hydrogen-bond donors (Lipinski definition) is 0. The van der Waals surface area contributed by atoms with E-state index in [0.717, 1.165) is 0 Å². The van der Waals surface area contributed by atoms with E-state index in [2.05, 4.69) is 62.5 Å². The number of thiophene rings is 1. The molecule has 0 saturated carbocycles. The van der Waals surface area contributed by atoms with E-state index in [9.17, 15) is 0 Å². The molecule has 0 aliphatic heterocycles. The van der Waals surface area contributed by atoms with Gasteiger partial charge in [0.05, 0.1) is 0 Å². The zero-order chi connectivity index (χ0) is 11.1. The maximum absolute atomic E-state index is 2.21. The number of rotatable bonds is 1. The Balaban J connectivity index is 0. The van der Waals surface area contributed by atoms with Gasteiger partial charge in [-0.15, -0.1) is 11.3 Å². The second-order valence-corrected chi connectivity index (χ2v) is 4.50. The van der Waals surface area contributed by atoms with Gasteiger partial charge in [-0.05, 0) is 23.9 Å². The Bertz CT molecular complexity index is 385. The molecule has 0 amide bonds. The van der Waals surface area contributed by atoms with Crippen LogP contribution < -0.4 is 0 Å². The molecule has 0 aliphatic rings. The molecule has 2 rings (SSSR count). The van der Waals surface area contributed by atoms with Crippen molar-refractivity contribution in [2.75, 3.05) is 0 Å². The third-order valence-electron chi connectivity index (χ3n) is 1.82. The maximum Gasteiger partial charge on any atom is 0.0342 e. The van der Waals surface area contributed by atoms with Gasteiger partial charge in [-0.3, -0.25) is 4.70 Å². The van der Waals surface area contributed by atoms with Crippen LogP contribution in [0.2, 0.25) is 0 Å². The van der Waals surface area contributed by atoms with Crippen LogP contribution in [0, 0.1) is 6.92 Å². The fraction of sp³-hybridized carbons (Fsp3) is 0.286. The van der Waals surface area contributed by atoms with Crippen LogP contribution in [-0.2, 0) is 32.7 Å². The van der Waals surface area contributed by atoms with E-state index in [-0.39, 0.29) is 37.4 Å². The van der Waals surface area contributed by atoms with Gasteiger partial charge in [-0.25, -0.2) is 0 Å². The zero-order valence-corrected chi connectivity index (χ0v) is 14.3. The third-order valence-corrected chi connectivity index (χ3v) is 2.74. The average Bonchev–Trinajstić information content (AvgIpc) is 2.71. The summed E-state index contributed by atoms with van der Waals surface area (Å²) in [5, 5.41) is 2.11. The molecule has 0 fully saturated rings. The van der Waals surface area contributed by atoms with Gasteiger partial charge in [0, 0.05) is 37.6 Å². The molecule has 91 valence electrons. The number of hydrogen-bond acceptors (Lipinski definition) is 1. The summed E-state index contributed by atoms with van der Waals surface area (Å²) in [4.78, 5) is 1.35. The van der Waals surface area contributed by atoms with E-state index in [1.807, 2.05) is 0 Å². The molecule has 0 saturated heterocycles. The Morgan fingerprint density at radius 3 is 2.18 bits per heavy atom. The Labute approximate surface area is 133 Å². The molecular formula is C14H19FSY. The number of halogens is 1. The van der Waals surface area contributed by atoms with Crippen molar-refractivity contribution in [1.82, 2.24) is 0 Å². The normalized spacial score (nSPS) is 8.18. The van der Waals surface area contributed by atoms with Crippen LogP contribution in [0.25, 0.3) is 10.4 Å². The number of aryl methyl sites for hydroxylation is 1. The molecular weight excluding hydrogens is 308 g/mol. The van der Waals surface area contributed by atoms with Crippen molar-refractivity contribution < 1.29 is 37.4 Å². The van der Waals surface area contributed by atoms with Gasteiger partial charge in [0.25, 0.3) is 0 Å². The molecule has 3 heteroatoms. The van der Waals surface area contributed by atoms with Crippen LogP contribution in [0.4, 0.5) is 4.70 Å². The summed E-state index contributed by atoms with van der Waals surface area (Å²) < 4.78 is 0. The smallest absolute Gasteiger partial charge is 0.0342 e. The molecule has 0 spiro atoms. The fourth-order valence-corrected chi connectivity index (χ4v) is 1.97. The summed E-state index contributed by atoms with van der Waals surface area (Å²) in [5.41, 5.74) is 2.64. The summed E-state index contributed by atoms with van der Waals surface area (Å²) in [5.74, 6) is 0. The minimum atomic E-state index is 0. The van der Waals surface area contributed by atoms with Gasteiger partial charge in [-0.1, -0.05) is 56.2 Å². The largest absolute Gasteiger partial charge is 0.269 e. The molecule has 1 radical (unpaired) electrons. The van der Waals surface area contributed by atoms with E-state index >= 15 is 0 Å². The Morgan fingerprint density at radius 2 is 1.71 bits per heavy atom. The zero-order valence-electron chi connectivity index (χ0n) is 10.6. The van der Waals surface area contributed by atoms with Crippen LogP contribution in [0.3, 0.4) is 0 Å². The van der Waals surface area contributed by atoms with Gasteiger partial charge in [-0.2, -0.15) is 0 Å². The molecule has 2 aromatic rings. The summed E-state index contributed by atoms with van der Waals surface area (Å²) >= 11 is 1.78. The van der Waals surface area contributed by atoms with Gasteiger partial charge < -0.3 is 0 Å². The summed E-state index contributed by atoms with van der Waals surface area (Å²) in [7, 11) is 0. The Hall–Kier alpha value is -0.0461. The van der Waals surface area contributed by atoms with Crippen molar-refractivity contribution in [3.63, 3.8) is 0 Å². The van der Waals surface area contributed by atoms with Crippen molar-refractivity contribution in [2.24, 2.45) is 0 Å². The third kappa shape index (κ3) is 7.08. The SMILES string of the molecule is CCC.Cc1cccc(-c2cccs2)c1.F.[Y]. The molecule has 0 nitrogen and oxygen atoms in total. The fourth-order valence-electron chi connectivity index (χ4n) is 1.24. The standard InChI is InChI=1S/C11H10S.C3H8.FH.Y/c1-9-4-2-5-10(8-9)11-6-3-7-12-11;1-3-2;;/h2-8H,1H3;3H2,1-2H3;1H;. The molecule has 0 aliphatic carbocycles. The van der Waals surface area contributed by atoms with Crippen molar-refractivity contribution in [2.45, 2.75) is 27.2 Å². The molecule has 1 heterocycles. The summed E-state index contributed by atoms with van der Waals surface area (Å²) in [6.07, 6.45) is 1.25. The van der Waals surface area contributed by atoms with Gasteiger partial charge in [0.1, 0.15) is 0 Å². The number of benzene rings is 1. The van der Waals surface area contributed by atoms with Gasteiger partial charge in [0.15, 0.2) is 0 Å². The van der Waals surface area contributed by atoms with Crippen LogP contribution in [0.1, 0.15) is 25.8 Å². The summed E-state index contributed by atoms with van der Waals surface area (Å²) in [6.45, 7) is 6.37. The Kier molecular flexibility index (Phi) is 12.6. The first-order valence-electron chi connectivity index (χ1n) is 5.38. The first kappa shape index (κ1) is 19.3. The quantitative estimate of drug-likeness (QED) is 0.667. The molecule has 0 N–H and O–H groups in total. The second kappa shape index (κ2) is 11.1. The first-order chi connectivity index (χ1) is 7.27. The molecule has 1 aromatic heterocycles. The average molecular weight is 327 g/mol. The van der Waals surface area contributed by atoms with Crippen molar-refractivity contribution in [3.05, 3.63) is 47.3 Å². The predicted molar refractivity (Wildman–Crippen MR) is 73.0 cm³/mol.